The highest BCUT2D eigenvalue weighted by Gasteiger charge is 2.29. The van der Waals surface area contributed by atoms with Crippen LogP contribution in [0.15, 0.2) is 218 Å². The molecule has 648 valence electrons. The summed E-state index contributed by atoms with van der Waals surface area (Å²) in [4.78, 5) is 141. The van der Waals surface area contributed by atoms with Gasteiger partial charge in [0, 0.05) is 78.7 Å². The van der Waals surface area contributed by atoms with Crippen LogP contribution in [0.5, 0.6) is 103 Å². The average molecular weight is 1720 g/mol. The van der Waals surface area contributed by atoms with E-state index in [2.05, 4.69) is 14.2 Å². The fraction of sp³-hybridized carbons (Fsp3) is 0.0667. The molecule has 0 aliphatic rings. The Bertz CT molecular complexity index is 5960. The summed E-state index contributed by atoms with van der Waals surface area (Å²) in [5, 5.41) is 118. The van der Waals surface area contributed by atoms with Crippen LogP contribution in [0.25, 0.3) is 0 Å². The SMILES string of the molecule is CN(C)c1c(OC=O)ccc(C(=O)c2ccccc2O)c1O.CN(C)c1cc(C(=O)c2ccccc2O)c(O)cc1OC=O.CN(C)c1cc(OC=O)cc(O)c1C(=O)c1ccccc1O.Nc1c(OC=O)ccc(C(=O)c2ccccc2O)c1O.Nc1cc(C(=O)c2ccccc2O)c(O)cc1OC=O.Nc1cc(OC=O)cc(O)c1C(=O)c1ccccc1O. The molecule has 0 heterocycles. The number of para-hydroxylation sites is 6. The van der Waals surface area contributed by atoms with Gasteiger partial charge in [0.05, 0.1) is 89.5 Å². The Morgan fingerprint density at radius 1 is 0.254 bits per heavy atom. The van der Waals surface area contributed by atoms with Gasteiger partial charge >= 0.3 is 0 Å². The third-order valence-electron chi connectivity index (χ3n) is 17.5. The summed E-state index contributed by atoms with van der Waals surface area (Å²) < 4.78 is 28.0. The van der Waals surface area contributed by atoms with Gasteiger partial charge in [0.15, 0.2) is 34.5 Å². The van der Waals surface area contributed by atoms with E-state index in [9.17, 15) is 119 Å². The topological polar surface area (TPSA) is 591 Å². The maximum atomic E-state index is 12.6. The molecule has 12 aromatic rings. The Morgan fingerprint density at radius 3 is 0.937 bits per heavy atom. The van der Waals surface area contributed by atoms with E-state index in [4.69, 9.17) is 31.4 Å². The minimum absolute atomic E-state index is 0.00319. The predicted octanol–water partition coefficient (Wildman–Crippen LogP) is 10.1. The van der Waals surface area contributed by atoms with Gasteiger partial charge in [0.1, 0.15) is 80.4 Å². The first kappa shape index (κ1) is 95.0. The smallest absolute Gasteiger partial charge is 0.298 e. The van der Waals surface area contributed by atoms with Gasteiger partial charge in [-0.3, -0.25) is 57.5 Å². The molecule has 0 bridgehead atoms. The van der Waals surface area contributed by atoms with Crippen molar-refractivity contribution in [3.63, 3.8) is 0 Å². The number of rotatable bonds is 27. The number of aromatic hydroxyl groups is 12. The number of benzene rings is 12. The maximum absolute atomic E-state index is 12.6. The zero-order valence-corrected chi connectivity index (χ0v) is 67.0. The number of hydrogen-bond donors (Lipinski definition) is 15. The van der Waals surface area contributed by atoms with Gasteiger partial charge in [-0.1, -0.05) is 72.8 Å². The summed E-state index contributed by atoms with van der Waals surface area (Å²) >= 11 is 0. The second kappa shape index (κ2) is 44.1. The number of carbonyl (C=O) groups excluding carboxylic acids is 12. The van der Waals surface area contributed by atoms with Crippen molar-refractivity contribution >= 4 is 108 Å². The van der Waals surface area contributed by atoms with E-state index in [1.165, 1.54) is 138 Å². The summed E-state index contributed by atoms with van der Waals surface area (Å²) in [5.74, 6) is -6.60. The number of nitrogens with zero attached hydrogens (tertiary/aromatic N) is 3. The molecule has 36 nitrogen and oxygen atoms in total. The van der Waals surface area contributed by atoms with Crippen molar-refractivity contribution < 1.29 is 147 Å². The molecule has 0 unspecified atom stereocenters. The first-order chi connectivity index (χ1) is 60.0. The van der Waals surface area contributed by atoms with Crippen molar-refractivity contribution in [3.05, 3.63) is 285 Å². The number of nitrogen functional groups attached to an aromatic ring is 3. The molecule has 0 fully saturated rings. The normalized spacial score (nSPS) is 10.0. The van der Waals surface area contributed by atoms with E-state index < -0.39 is 51.9 Å². The summed E-state index contributed by atoms with van der Waals surface area (Å²) in [6.45, 7) is 1.22. The van der Waals surface area contributed by atoms with E-state index >= 15 is 0 Å². The van der Waals surface area contributed by atoms with Crippen molar-refractivity contribution in [2.24, 2.45) is 0 Å². The number of phenols is 12. The summed E-state index contributed by atoms with van der Waals surface area (Å²) in [6, 6.07) is 51.1. The quantitative estimate of drug-likeness (QED) is 0.00748. The van der Waals surface area contributed by atoms with Crippen molar-refractivity contribution in [1.29, 1.82) is 0 Å². The fourth-order valence-electron chi connectivity index (χ4n) is 11.5. The molecule has 0 saturated heterocycles. The van der Waals surface area contributed by atoms with Gasteiger partial charge in [0.2, 0.25) is 34.7 Å². The van der Waals surface area contributed by atoms with Crippen LogP contribution in [0.1, 0.15) is 95.5 Å². The lowest BCUT2D eigenvalue weighted by atomic mass is 9.99. The van der Waals surface area contributed by atoms with E-state index in [0.717, 1.165) is 12.1 Å². The number of carbonyl (C=O) groups is 12. The molecule has 0 aliphatic heterocycles. The minimum atomic E-state index is -0.629. The Balaban J connectivity index is 0.000000208. The zero-order chi connectivity index (χ0) is 92.9. The molecule has 12 rings (SSSR count). The third-order valence-corrected chi connectivity index (χ3v) is 17.5. The average Bonchev–Trinajstić information content (AvgIpc) is 0.807. The Labute approximate surface area is 714 Å². The summed E-state index contributed by atoms with van der Waals surface area (Å²) in [5.41, 5.74) is 17.6. The van der Waals surface area contributed by atoms with Crippen molar-refractivity contribution in [2.75, 3.05) is 74.2 Å². The molecule has 0 spiro atoms. The number of ether oxygens (including phenoxy) is 6. The number of phenolic OH excluding ortho intramolecular Hbond substituents is 12. The van der Waals surface area contributed by atoms with Crippen molar-refractivity contribution in [3.8, 4) is 103 Å². The van der Waals surface area contributed by atoms with Gasteiger partial charge in [-0.05, 0) is 109 Å². The molecule has 0 amide bonds. The van der Waals surface area contributed by atoms with Gasteiger partial charge in [-0.25, -0.2) is 0 Å². The molecule has 0 aliphatic carbocycles. The first-order valence-corrected chi connectivity index (χ1v) is 36.1. The van der Waals surface area contributed by atoms with Crippen LogP contribution in [0.3, 0.4) is 0 Å². The fourth-order valence-corrected chi connectivity index (χ4v) is 11.5. The van der Waals surface area contributed by atoms with Gasteiger partial charge < -0.3 is 122 Å². The van der Waals surface area contributed by atoms with E-state index in [0.29, 0.717) is 11.4 Å². The van der Waals surface area contributed by atoms with E-state index in [-0.39, 0.29) is 215 Å². The number of anilines is 6. The first-order valence-electron chi connectivity index (χ1n) is 36.1. The van der Waals surface area contributed by atoms with Crippen LogP contribution in [-0.2, 0) is 28.8 Å². The van der Waals surface area contributed by atoms with Crippen LogP contribution in [0.2, 0.25) is 0 Å². The van der Waals surface area contributed by atoms with Gasteiger partial charge in [-0.2, -0.15) is 0 Å². The Kier molecular flexibility index (Phi) is 33.2. The molecule has 18 N–H and O–H groups in total. The van der Waals surface area contributed by atoms with Crippen LogP contribution in [0.4, 0.5) is 34.1 Å². The van der Waals surface area contributed by atoms with Gasteiger partial charge in [-0.15, -0.1) is 0 Å². The number of nitrogens with two attached hydrogens (primary N) is 3. The Morgan fingerprint density at radius 2 is 0.563 bits per heavy atom. The van der Waals surface area contributed by atoms with E-state index in [1.807, 2.05) is 0 Å². The lowest BCUT2D eigenvalue weighted by Gasteiger charge is -2.19. The highest BCUT2D eigenvalue weighted by molar-refractivity contribution is 6.18. The van der Waals surface area contributed by atoms with Crippen molar-refractivity contribution in [2.45, 2.75) is 0 Å². The second-order valence-electron chi connectivity index (χ2n) is 26.2. The number of ketones is 6. The molecule has 0 atom stereocenters. The lowest BCUT2D eigenvalue weighted by Crippen LogP contribution is -2.15. The van der Waals surface area contributed by atoms with E-state index in [1.54, 1.807) is 125 Å². The standard InChI is InChI=1S/3C16H15NO5.3C14H11NO5/c1-17(2)12-7-10(22-9-18)8-14(20)15(12)16(21)11-5-3-4-6-13(11)19;1-17(2)12-7-11(14(20)8-15(12)22-9-18)16(21)10-5-3-4-6-13(10)19;1-17(2)14-13(22-9-18)8-7-11(16(14)21)15(20)10-5-3-4-6-12(10)19;15-10-5-8(20-7-16)6-12(18)13(10)14(19)9-3-1-2-4-11(9)17;15-10-5-9(12(18)6-13(10)20-7-16)14(19)8-3-1-2-4-11(8)17;15-12-11(20-7-16)6-5-9(14(12)19)13(18)8-3-1-2-4-10(8)17/h2*3-9,19-20H,1-2H3;3-9,19,21H,1-2H3;2*1-7,17-18H,15H2;1-7,17,19H,15H2. The predicted molar refractivity (Wildman–Crippen MR) is 454 cm³/mol. The zero-order valence-electron chi connectivity index (χ0n) is 67.0. The molecule has 126 heavy (non-hydrogen) atoms. The molecule has 0 aromatic heterocycles. The monoisotopic (exact) mass is 1720 g/mol. The minimum Gasteiger partial charge on any atom is -0.507 e. The lowest BCUT2D eigenvalue weighted by molar-refractivity contribution is -0.121. The largest absolute Gasteiger partial charge is 0.507 e. The molecular weight excluding hydrogens is 1650 g/mol. The molecule has 36 heteroatoms. The van der Waals surface area contributed by atoms with Crippen molar-refractivity contribution in [1.82, 2.24) is 0 Å². The molecule has 0 radical (unpaired) electrons. The molecule has 12 aromatic carbocycles. The van der Waals surface area contributed by atoms with Gasteiger partial charge in [0.25, 0.3) is 38.8 Å². The van der Waals surface area contributed by atoms with Crippen LogP contribution < -0.4 is 60.3 Å². The van der Waals surface area contributed by atoms with Crippen LogP contribution in [0, 0.1) is 0 Å². The third kappa shape index (κ3) is 23.2. The summed E-state index contributed by atoms with van der Waals surface area (Å²) in [7, 11) is 10.1. The second-order valence-corrected chi connectivity index (χ2v) is 26.2. The maximum Gasteiger partial charge on any atom is 0.298 e. The van der Waals surface area contributed by atoms with Crippen LogP contribution >= 0.6 is 0 Å². The number of hydrogen-bond acceptors (Lipinski definition) is 36. The Hall–Kier alpha value is -18.1. The highest BCUT2D eigenvalue weighted by atomic mass is 16.5. The van der Waals surface area contributed by atoms with Crippen LogP contribution in [-0.4, -0.2) is 177 Å². The molecule has 0 saturated carbocycles. The molecular formula is C90H78N6O30. The summed E-state index contributed by atoms with van der Waals surface area (Å²) in [6.07, 6.45) is 0. The highest BCUT2D eigenvalue weighted by Crippen LogP contribution is 2.43.